The number of rotatable bonds is 5. The number of ether oxygens (including phenoxy) is 2. The monoisotopic (exact) mass is 386 g/mol. The molecule has 29 heavy (non-hydrogen) atoms. The first-order chi connectivity index (χ1) is 14.1. The van der Waals surface area contributed by atoms with Crippen molar-refractivity contribution in [1.82, 2.24) is 0 Å². The van der Waals surface area contributed by atoms with Crippen LogP contribution in [-0.2, 0) is 0 Å². The maximum Gasteiger partial charge on any atom is 0.194 e. The zero-order chi connectivity index (χ0) is 20.4. The van der Waals surface area contributed by atoms with Crippen molar-refractivity contribution >= 4 is 16.6 Å². The number of carbonyl (C=O) groups excluding carboxylic acids is 1. The normalized spacial score (nSPS) is 10.7. The Bertz CT molecular complexity index is 1200. The van der Waals surface area contributed by atoms with Gasteiger partial charge in [-0.2, -0.15) is 0 Å². The standard InChI is InChI=1S/C25H19FO3/c1-28-20-9-6-16(7-10-20)25(27)24-22(17-4-3-5-19(26)14-17)12-8-18-15-21(29-2)11-13-23(18)24/h3-15H,1-2H3. The van der Waals surface area contributed by atoms with Gasteiger partial charge >= 0.3 is 0 Å². The molecule has 3 nitrogen and oxygen atoms in total. The lowest BCUT2D eigenvalue weighted by Crippen LogP contribution is -2.05. The summed E-state index contributed by atoms with van der Waals surface area (Å²) in [5.41, 5.74) is 2.40. The van der Waals surface area contributed by atoms with Gasteiger partial charge in [0.15, 0.2) is 5.78 Å². The fraction of sp³-hybridized carbons (Fsp3) is 0.0800. The van der Waals surface area contributed by atoms with Gasteiger partial charge in [-0.25, -0.2) is 4.39 Å². The Kier molecular flexibility index (Phi) is 5.00. The first-order valence-electron chi connectivity index (χ1n) is 9.16. The molecule has 0 saturated heterocycles. The van der Waals surface area contributed by atoms with Gasteiger partial charge in [-0.05, 0) is 76.5 Å². The van der Waals surface area contributed by atoms with Crippen LogP contribution in [0.15, 0.2) is 78.9 Å². The van der Waals surface area contributed by atoms with E-state index >= 15 is 0 Å². The summed E-state index contributed by atoms with van der Waals surface area (Å²) in [6.45, 7) is 0. The van der Waals surface area contributed by atoms with Crippen LogP contribution in [0.5, 0.6) is 11.5 Å². The molecular weight excluding hydrogens is 367 g/mol. The van der Waals surface area contributed by atoms with Crippen LogP contribution in [0.1, 0.15) is 15.9 Å². The van der Waals surface area contributed by atoms with Crippen LogP contribution in [0.2, 0.25) is 0 Å². The van der Waals surface area contributed by atoms with Crippen molar-refractivity contribution in [2.75, 3.05) is 14.2 Å². The fourth-order valence-corrected chi connectivity index (χ4v) is 3.46. The molecule has 0 fully saturated rings. The molecule has 4 aromatic rings. The minimum atomic E-state index is -0.347. The average molecular weight is 386 g/mol. The van der Waals surface area contributed by atoms with Crippen LogP contribution in [0, 0.1) is 5.82 Å². The second-order valence-electron chi connectivity index (χ2n) is 6.64. The molecule has 0 radical (unpaired) electrons. The average Bonchev–Trinajstić information content (AvgIpc) is 2.77. The third kappa shape index (κ3) is 3.57. The fourth-order valence-electron chi connectivity index (χ4n) is 3.46. The molecule has 0 bridgehead atoms. The highest BCUT2D eigenvalue weighted by molar-refractivity contribution is 6.20. The second-order valence-corrected chi connectivity index (χ2v) is 6.64. The molecule has 0 aliphatic heterocycles. The van der Waals surface area contributed by atoms with E-state index < -0.39 is 0 Å². The lowest BCUT2D eigenvalue weighted by atomic mass is 9.89. The molecule has 0 amide bonds. The van der Waals surface area contributed by atoms with Crippen LogP contribution in [-0.4, -0.2) is 20.0 Å². The maximum atomic E-state index is 13.9. The van der Waals surface area contributed by atoms with Gasteiger partial charge in [-0.15, -0.1) is 0 Å². The smallest absolute Gasteiger partial charge is 0.194 e. The van der Waals surface area contributed by atoms with Gasteiger partial charge in [0, 0.05) is 11.1 Å². The first-order valence-corrected chi connectivity index (χ1v) is 9.16. The summed E-state index contributed by atoms with van der Waals surface area (Å²) in [5.74, 6) is 0.899. The van der Waals surface area contributed by atoms with E-state index in [-0.39, 0.29) is 11.6 Å². The molecule has 0 unspecified atom stereocenters. The van der Waals surface area contributed by atoms with Gasteiger partial charge in [0.1, 0.15) is 17.3 Å². The molecule has 4 rings (SSSR count). The minimum Gasteiger partial charge on any atom is -0.497 e. The van der Waals surface area contributed by atoms with E-state index in [0.717, 1.165) is 10.8 Å². The van der Waals surface area contributed by atoms with Crippen LogP contribution < -0.4 is 9.47 Å². The van der Waals surface area contributed by atoms with Gasteiger partial charge in [0.2, 0.25) is 0 Å². The summed E-state index contributed by atoms with van der Waals surface area (Å²) < 4.78 is 24.4. The summed E-state index contributed by atoms with van der Waals surface area (Å²) in [6.07, 6.45) is 0. The number of hydrogen-bond acceptors (Lipinski definition) is 3. The summed E-state index contributed by atoms with van der Waals surface area (Å²) in [6, 6.07) is 22.6. The molecule has 4 heteroatoms. The molecule has 0 atom stereocenters. The largest absolute Gasteiger partial charge is 0.497 e. The molecular formula is C25H19FO3. The van der Waals surface area contributed by atoms with Gasteiger partial charge in [-0.1, -0.05) is 24.3 Å². The van der Waals surface area contributed by atoms with Gasteiger partial charge in [0.05, 0.1) is 14.2 Å². The number of ketones is 1. The van der Waals surface area contributed by atoms with Crippen molar-refractivity contribution in [2.24, 2.45) is 0 Å². The quantitative estimate of drug-likeness (QED) is 0.401. The Hall–Kier alpha value is -3.66. The van der Waals surface area contributed by atoms with Crippen LogP contribution >= 0.6 is 0 Å². The van der Waals surface area contributed by atoms with Crippen molar-refractivity contribution in [3.8, 4) is 22.6 Å². The Morgan fingerprint density at radius 1 is 0.793 bits per heavy atom. The van der Waals surface area contributed by atoms with Crippen LogP contribution in [0.3, 0.4) is 0 Å². The predicted molar refractivity (Wildman–Crippen MR) is 112 cm³/mol. The Labute approximate surface area is 168 Å². The third-order valence-corrected chi connectivity index (χ3v) is 4.94. The van der Waals surface area contributed by atoms with E-state index in [1.54, 1.807) is 50.6 Å². The Balaban J connectivity index is 1.96. The van der Waals surface area contributed by atoms with E-state index in [1.807, 2.05) is 30.3 Å². The van der Waals surface area contributed by atoms with Crippen LogP contribution in [0.25, 0.3) is 21.9 Å². The molecule has 144 valence electrons. The molecule has 0 spiro atoms. The number of benzene rings is 4. The number of carbonyl (C=O) groups is 1. The molecule has 0 aliphatic carbocycles. The summed E-state index contributed by atoms with van der Waals surface area (Å²) in [5, 5.41) is 1.66. The second kappa shape index (κ2) is 7.76. The number of fused-ring (bicyclic) bond motifs is 1. The van der Waals surface area contributed by atoms with E-state index in [1.165, 1.54) is 12.1 Å². The topological polar surface area (TPSA) is 35.5 Å². The number of halogens is 1. The first kappa shape index (κ1) is 18.7. The third-order valence-electron chi connectivity index (χ3n) is 4.94. The molecule has 0 aliphatic rings. The van der Waals surface area contributed by atoms with Gasteiger partial charge in [0.25, 0.3) is 0 Å². The van der Waals surface area contributed by atoms with Crippen molar-refractivity contribution in [2.45, 2.75) is 0 Å². The van der Waals surface area contributed by atoms with Crippen LogP contribution in [0.4, 0.5) is 4.39 Å². The number of hydrogen-bond donors (Lipinski definition) is 0. The molecule has 0 N–H and O–H groups in total. The zero-order valence-electron chi connectivity index (χ0n) is 16.1. The van der Waals surface area contributed by atoms with Crippen molar-refractivity contribution in [1.29, 1.82) is 0 Å². The SMILES string of the molecule is COc1ccc(C(=O)c2c(-c3cccc(F)c3)ccc3cc(OC)ccc23)cc1. The van der Waals surface area contributed by atoms with E-state index in [0.29, 0.717) is 33.8 Å². The highest BCUT2D eigenvalue weighted by Crippen LogP contribution is 2.34. The zero-order valence-corrected chi connectivity index (χ0v) is 16.1. The van der Waals surface area contributed by atoms with E-state index in [2.05, 4.69) is 0 Å². The minimum absolute atomic E-state index is 0.136. The van der Waals surface area contributed by atoms with Crippen molar-refractivity contribution in [3.05, 3.63) is 95.8 Å². The lowest BCUT2D eigenvalue weighted by Gasteiger charge is -2.14. The molecule has 0 aromatic heterocycles. The summed E-state index contributed by atoms with van der Waals surface area (Å²) in [7, 11) is 3.18. The summed E-state index contributed by atoms with van der Waals surface area (Å²) in [4.78, 5) is 13.5. The summed E-state index contributed by atoms with van der Waals surface area (Å²) >= 11 is 0. The molecule has 4 aromatic carbocycles. The van der Waals surface area contributed by atoms with Crippen molar-refractivity contribution < 1.29 is 18.7 Å². The highest BCUT2D eigenvalue weighted by atomic mass is 19.1. The van der Waals surface area contributed by atoms with E-state index in [9.17, 15) is 9.18 Å². The Morgan fingerprint density at radius 2 is 1.52 bits per heavy atom. The molecule has 0 heterocycles. The highest BCUT2D eigenvalue weighted by Gasteiger charge is 2.19. The maximum absolute atomic E-state index is 13.9. The van der Waals surface area contributed by atoms with Crippen molar-refractivity contribution in [3.63, 3.8) is 0 Å². The van der Waals surface area contributed by atoms with Gasteiger partial charge < -0.3 is 9.47 Å². The lowest BCUT2D eigenvalue weighted by molar-refractivity contribution is 0.104. The van der Waals surface area contributed by atoms with E-state index in [4.69, 9.17) is 9.47 Å². The Morgan fingerprint density at radius 3 is 2.21 bits per heavy atom. The number of methoxy groups -OCH3 is 2. The molecule has 0 saturated carbocycles. The predicted octanol–water partition coefficient (Wildman–Crippen LogP) is 5.89. The van der Waals surface area contributed by atoms with Gasteiger partial charge in [-0.3, -0.25) is 4.79 Å².